The smallest absolute Gasteiger partial charge is 0.136 e. The number of aromatic nitrogens is 5. The first-order valence-electron chi connectivity index (χ1n) is 11.2. The molecular formula is C25H29N7. The monoisotopic (exact) mass is 427 g/mol. The van der Waals surface area contributed by atoms with E-state index in [0.29, 0.717) is 12.5 Å². The number of pyridine rings is 2. The van der Waals surface area contributed by atoms with E-state index in [4.69, 9.17) is 9.97 Å². The Labute approximate surface area is 188 Å². The van der Waals surface area contributed by atoms with E-state index in [1.165, 1.54) is 5.56 Å². The van der Waals surface area contributed by atoms with Gasteiger partial charge in [0.25, 0.3) is 0 Å². The quantitative estimate of drug-likeness (QED) is 0.488. The van der Waals surface area contributed by atoms with Crippen LogP contribution in [-0.2, 0) is 12.8 Å². The average molecular weight is 428 g/mol. The summed E-state index contributed by atoms with van der Waals surface area (Å²) in [4.78, 5) is 23.8. The predicted octanol–water partition coefficient (Wildman–Crippen LogP) is 3.15. The van der Waals surface area contributed by atoms with Gasteiger partial charge in [0.15, 0.2) is 0 Å². The molecule has 0 N–H and O–H groups in total. The molecule has 5 heterocycles. The van der Waals surface area contributed by atoms with E-state index in [1.54, 1.807) is 0 Å². The number of likely N-dealkylation sites (N-methyl/N-ethyl adjacent to an activating group) is 1. The Balaban J connectivity index is 1.47. The molecule has 7 nitrogen and oxygen atoms in total. The first-order chi connectivity index (χ1) is 15.5. The summed E-state index contributed by atoms with van der Waals surface area (Å²) in [5.74, 6) is 1.84. The number of hydrogen-bond acceptors (Lipinski definition) is 6. The van der Waals surface area contributed by atoms with Gasteiger partial charge in [-0.15, -0.1) is 0 Å². The van der Waals surface area contributed by atoms with Gasteiger partial charge in [-0.3, -0.25) is 4.98 Å². The van der Waals surface area contributed by atoms with Gasteiger partial charge < -0.3 is 14.2 Å². The highest BCUT2D eigenvalue weighted by molar-refractivity contribution is 5.45. The maximum Gasteiger partial charge on any atom is 0.136 e. The van der Waals surface area contributed by atoms with E-state index in [-0.39, 0.29) is 0 Å². The Hall–Kier alpha value is -3.32. The summed E-state index contributed by atoms with van der Waals surface area (Å²) < 4.78 is 2.02. The van der Waals surface area contributed by atoms with Crippen molar-refractivity contribution in [1.82, 2.24) is 29.2 Å². The molecule has 1 atom stereocenters. The van der Waals surface area contributed by atoms with Crippen LogP contribution in [0.2, 0.25) is 0 Å². The summed E-state index contributed by atoms with van der Waals surface area (Å²) in [5.41, 5.74) is 5.19. The number of piperazine rings is 1. The molecule has 4 aromatic heterocycles. The van der Waals surface area contributed by atoms with Crippen molar-refractivity contribution < 1.29 is 0 Å². The SMILES string of the molecule is Cc1cccc(Cc2nc(Cc3ccn4ccnc4c3)cc(N3CCN(C)[C@@H](C)C3)n2)n1. The number of nitrogens with zero attached hydrogens (tertiary/aromatic N) is 7. The van der Waals surface area contributed by atoms with Crippen molar-refractivity contribution in [2.45, 2.75) is 32.7 Å². The highest BCUT2D eigenvalue weighted by atomic mass is 15.3. The van der Waals surface area contributed by atoms with Crippen LogP contribution in [-0.4, -0.2) is 62.0 Å². The van der Waals surface area contributed by atoms with E-state index in [9.17, 15) is 0 Å². The maximum atomic E-state index is 4.96. The molecule has 0 aromatic carbocycles. The van der Waals surface area contributed by atoms with Gasteiger partial charge in [0.2, 0.25) is 0 Å². The molecule has 0 spiro atoms. The van der Waals surface area contributed by atoms with Crippen LogP contribution in [0.25, 0.3) is 5.65 Å². The van der Waals surface area contributed by atoms with E-state index in [1.807, 2.05) is 41.9 Å². The standard InChI is InChI=1S/C25H29N7/c1-18-5-4-6-21(27-18)15-23-28-22(13-20-7-9-31-10-8-26-24(31)14-20)16-25(29-23)32-12-11-30(3)19(2)17-32/h4-10,14,16,19H,11-13,15,17H2,1-3H3/t19-/m0/s1. The summed E-state index contributed by atoms with van der Waals surface area (Å²) in [6.45, 7) is 7.26. The molecule has 1 aliphatic rings. The second-order valence-corrected chi connectivity index (χ2v) is 8.76. The van der Waals surface area contributed by atoms with Gasteiger partial charge in [-0.1, -0.05) is 6.07 Å². The van der Waals surface area contributed by atoms with E-state index in [2.05, 4.69) is 58.1 Å². The molecule has 0 radical (unpaired) electrons. The van der Waals surface area contributed by atoms with Gasteiger partial charge in [-0.05, 0) is 50.7 Å². The third-order valence-corrected chi connectivity index (χ3v) is 6.23. The molecule has 1 aliphatic heterocycles. The zero-order valence-electron chi connectivity index (χ0n) is 18.9. The van der Waals surface area contributed by atoms with Crippen LogP contribution in [0.3, 0.4) is 0 Å². The normalized spacial score (nSPS) is 17.2. The van der Waals surface area contributed by atoms with E-state index >= 15 is 0 Å². The van der Waals surface area contributed by atoms with E-state index < -0.39 is 0 Å². The molecule has 4 aromatic rings. The number of imidazole rings is 1. The molecular weight excluding hydrogens is 398 g/mol. The number of hydrogen-bond donors (Lipinski definition) is 0. The van der Waals surface area contributed by atoms with Crippen molar-refractivity contribution in [2.75, 3.05) is 31.6 Å². The molecule has 0 amide bonds. The summed E-state index contributed by atoms with van der Waals surface area (Å²) in [6.07, 6.45) is 7.22. The lowest BCUT2D eigenvalue weighted by Gasteiger charge is -2.38. The topological polar surface area (TPSA) is 62.5 Å². The van der Waals surface area contributed by atoms with Crippen LogP contribution in [0.4, 0.5) is 5.82 Å². The summed E-state index contributed by atoms with van der Waals surface area (Å²) in [6, 6.07) is 13.0. The zero-order chi connectivity index (χ0) is 22.1. The Morgan fingerprint density at radius 2 is 1.88 bits per heavy atom. The molecule has 0 unspecified atom stereocenters. The molecule has 32 heavy (non-hydrogen) atoms. The minimum atomic E-state index is 0.493. The summed E-state index contributed by atoms with van der Waals surface area (Å²) in [5, 5.41) is 0. The van der Waals surface area contributed by atoms with Crippen LogP contribution in [0.1, 0.15) is 35.4 Å². The summed E-state index contributed by atoms with van der Waals surface area (Å²) >= 11 is 0. The number of rotatable bonds is 5. The average Bonchev–Trinajstić information content (AvgIpc) is 3.23. The molecule has 7 heteroatoms. The number of aryl methyl sites for hydroxylation is 1. The Kier molecular flexibility index (Phi) is 5.57. The molecule has 0 saturated carbocycles. The minimum Gasteiger partial charge on any atom is -0.354 e. The fraction of sp³-hybridized carbons (Fsp3) is 0.360. The van der Waals surface area contributed by atoms with Gasteiger partial charge in [-0.25, -0.2) is 15.0 Å². The lowest BCUT2D eigenvalue weighted by Crippen LogP contribution is -2.50. The lowest BCUT2D eigenvalue weighted by molar-refractivity contribution is 0.233. The molecule has 0 bridgehead atoms. The first kappa shape index (κ1) is 20.6. The van der Waals surface area contributed by atoms with Crippen LogP contribution in [0.15, 0.2) is 55.0 Å². The van der Waals surface area contributed by atoms with Gasteiger partial charge in [0.05, 0.1) is 12.1 Å². The highest BCUT2D eigenvalue weighted by Gasteiger charge is 2.22. The van der Waals surface area contributed by atoms with Gasteiger partial charge in [0, 0.05) is 68.1 Å². The van der Waals surface area contributed by atoms with Crippen molar-refractivity contribution in [3.63, 3.8) is 0 Å². The Bertz CT molecular complexity index is 1230. The third-order valence-electron chi connectivity index (χ3n) is 6.23. The van der Waals surface area contributed by atoms with Crippen molar-refractivity contribution in [2.24, 2.45) is 0 Å². The largest absolute Gasteiger partial charge is 0.354 e. The Morgan fingerprint density at radius 3 is 2.72 bits per heavy atom. The van der Waals surface area contributed by atoms with Crippen LogP contribution >= 0.6 is 0 Å². The maximum absolute atomic E-state index is 4.96. The van der Waals surface area contributed by atoms with Crippen molar-refractivity contribution in [3.8, 4) is 0 Å². The van der Waals surface area contributed by atoms with Gasteiger partial charge in [0.1, 0.15) is 17.3 Å². The number of anilines is 1. The molecule has 0 aliphatic carbocycles. The number of fused-ring (bicyclic) bond motifs is 1. The second kappa shape index (κ2) is 8.67. The van der Waals surface area contributed by atoms with Crippen LogP contribution in [0.5, 0.6) is 0 Å². The van der Waals surface area contributed by atoms with Crippen molar-refractivity contribution >= 4 is 11.5 Å². The minimum absolute atomic E-state index is 0.493. The van der Waals surface area contributed by atoms with E-state index in [0.717, 1.165) is 60.4 Å². The molecule has 164 valence electrons. The Morgan fingerprint density at radius 1 is 0.969 bits per heavy atom. The predicted molar refractivity (Wildman–Crippen MR) is 126 cm³/mol. The fourth-order valence-electron chi connectivity index (χ4n) is 4.26. The van der Waals surface area contributed by atoms with Gasteiger partial charge >= 0.3 is 0 Å². The fourth-order valence-corrected chi connectivity index (χ4v) is 4.26. The van der Waals surface area contributed by atoms with Crippen LogP contribution in [0, 0.1) is 6.92 Å². The van der Waals surface area contributed by atoms with Crippen molar-refractivity contribution in [3.05, 3.63) is 83.5 Å². The third kappa shape index (κ3) is 4.48. The highest BCUT2D eigenvalue weighted by Crippen LogP contribution is 2.20. The zero-order valence-corrected chi connectivity index (χ0v) is 18.9. The summed E-state index contributed by atoms with van der Waals surface area (Å²) in [7, 11) is 2.19. The lowest BCUT2D eigenvalue weighted by atomic mass is 10.1. The second-order valence-electron chi connectivity index (χ2n) is 8.76. The first-order valence-corrected chi connectivity index (χ1v) is 11.2. The molecule has 1 fully saturated rings. The van der Waals surface area contributed by atoms with Gasteiger partial charge in [-0.2, -0.15) is 0 Å². The molecule has 5 rings (SSSR count). The van der Waals surface area contributed by atoms with Crippen molar-refractivity contribution in [1.29, 1.82) is 0 Å². The van der Waals surface area contributed by atoms with Crippen LogP contribution < -0.4 is 4.90 Å². The molecule has 1 saturated heterocycles.